The number of hydrogen-bond donors (Lipinski definition) is 0. The summed E-state index contributed by atoms with van der Waals surface area (Å²) in [5.74, 6) is -3.17. The molecule has 2 heteroatoms. The van der Waals surface area contributed by atoms with Crippen molar-refractivity contribution in [3.8, 4) is 44.8 Å². The van der Waals surface area contributed by atoms with E-state index in [1.54, 1.807) is 24.3 Å². The van der Waals surface area contributed by atoms with Gasteiger partial charge in [-0.25, -0.2) is 9.13 Å². The lowest BCUT2D eigenvalue weighted by atomic mass is 9.84. The third-order valence-electron chi connectivity index (χ3n) is 9.95. The molecule has 2 atom stereocenters. The van der Waals surface area contributed by atoms with Crippen LogP contribution in [0.1, 0.15) is 105 Å². The molecule has 2 aromatic heterocycles. The maximum Gasteiger partial charge on any atom is 0.212 e. The number of pyridine rings is 2. The van der Waals surface area contributed by atoms with Crippen molar-refractivity contribution in [1.29, 1.82) is 0 Å². The zero-order chi connectivity index (χ0) is 44.2. The first-order chi connectivity index (χ1) is 28.6. The third kappa shape index (κ3) is 8.07. The normalized spacial score (nSPS) is 26.8. The van der Waals surface area contributed by atoms with Crippen molar-refractivity contribution in [3.63, 3.8) is 0 Å². The molecule has 0 radical (unpaired) electrons. The molecule has 0 aliphatic heterocycles. The van der Waals surface area contributed by atoms with Crippen LogP contribution in [-0.2, 0) is 14.1 Å². The monoisotopic (exact) mass is 680 g/mol. The lowest BCUT2D eigenvalue weighted by Crippen LogP contribution is -2.30. The Kier molecular flexibility index (Phi) is 7.66. The van der Waals surface area contributed by atoms with Crippen LogP contribution in [0.2, 0.25) is 0 Å². The van der Waals surface area contributed by atoms with Crippen molar-refractivity contribution in [2.24, 2.45) is 14.1 Å². The van der Waals surface area contributed by atoms with Gasteiger partial charge in [-0.15, -0.1) is 0 Å². The highest BCUT2D eigenvalue weighted by Gasteiger charge is 2.19. The Morgan fingerprint density at radius 2 is 0.902 bits per heavy atom. The first-order valence-electron chi connectivity index (χ1n) is 23.0. The smallest absolute Gasteiger partial charge is 0.200 e. The molecule has 0 bridgehead atoms. The molecule has 2 aliphatic carbocycles. The molecule has 2 unspecified atom stereocenters. The van der Waals surface area contributed by atoms with Crippen molar-refractivity contribution in [2.75, 3.05) is 0 Å². The van der Waals surface area contributed by atoms with Gasteiger partial charge in [0.1, 0.15) is 14.1 Å². The van der Waals surface area contributed by atoms with Gasteiger partial charge in [-0.3, -0.25) is 0 Å². The van der Waals surface area contributed by atoms with Crippen LogP contribution in [0.15, 0.2) is 134 Å². The standard InChI is InChI=1S/C25H28N.C24H26N/c1-19-8-6-7-11-24(19)25-17-16-23(18-26(25)2)22-14-12-21(13-15-22)20-9-4-3-5-10-20;1-18-7-3-6-10-23(18)24-16-15-22(17-25(24)2)21-13-11-20(12-14-21)19-8-4-5-9-19/h6-8,11-18,20H,3-5,9-10H2,1-2H3;3,6-7,10-17,19H,4-5,8-9H2,1-2H3/q2*+1/i4D2,9D2,20D;4D2,8D2,19D. The molecule has 0 saturated heterocycles. The largest absolute Gasteiger partial charge is 0.212 e. The molecule has 0 amide bonds. The molecule has 2 heterocycles. The van der Waals surface area contributed by atoms with E-state index in [1.807, 2.05) is 62.6 Å². The molecule has 2 saturated carbocycles. The molecule has 258 valence electrons. The van der Waals surface area contributed by atoms with E-state index < -0.39 is 37.3 Å². The molecule has 2 aliphatic rings. The van der Waals surface area contributed by atoms with Gasteiger partial charge in [-0.05, 0) is 109 Å². The molecule has 0 spiro atoms. The molecule has 51 heavy (non-hydrogen) atoms. The second kappa shape index (κ2) is 16.0. The summed E-state index contributed by atoms with van der Waals surface area (Å²) in [7, 11) is 4.05. The Balaban J connectivity index is 0.000000184. The van der Waals surface area contributed by atoms with Crippen LogP contribution in [0, 0.1) is 13.8 Å². The molecule has 0 N–H and O–H groups in total. The van der Waals surface area contributed by atoms with Gasteiger partial charge in [0.25, 0.3) is 0 Å². The minimum absolute atomic E-state index is 0.0570. The van der Waals surface area contributed by atoms with E-state index in [-0.39, 0.29) is 19.3 Å². The van der Waals surface area contributed by atoms with Crippen LogP contribution in [0.4, 0.5) is 0 Å². The number of aromatic nitrogens is 2. The summed E-state index contributed by atoms with van der Waals surface area (Å²) in [4.78, 5) is 0. The lowest BCUT2D eigenvalue weighted by Gasteiger charge is -2.22. The molecular formula is C49H54N2+2. The van der Waals surface area contributed by atoms with Gasteiger partial charge in [-0.2, -0.15) is 0 Å². The summed E-state index contributed by atoms with van der Waals surface area (Å²) in [6.45, 7) is 4.20. The summed E-state index contributed by atoms with van der Waals surface area (Å²) < 4.78 is 87.2. The van der Waals surface area contributed by atoms with Crippen molar-refractivity contribution in [3.05, 3.63) is 156 Å². The van der Waals surface area contributed by atoms with Crippen molar-refractivity contribution >= 4 is 0 Å². The molecule has 6 aromatic rings. The Morgan fingerprint density at radius 1 is 0.490 bits per heavy atom. The van der Waals surface area contributed by atoms with Gasteiger partial charge in [-0.1, -0.05) is 117 Å². The number of nitrogens with zero attached hydrogens (tertiary/aromatic N) is 2. The van der Waals surface area contributed by atoms with Crippen LogP contribution in [0.3, 0.4) is 0 Å². The van der Waals surface area contributed by atoms with Crippen molar-refractivity contribution < 1.29 is 22.8 Å². The van der Waals surface area contributed by atoms with E-state index >= 15 is 0 Å². The summed E-state index contributed by atoms with van der Waals surface area (Å²) in [5, 5.41) is 0. The van der Waals surface area contributed by atoms with E-state index in [1.165, 1.54) is 22.3 Å². The molecule has 2 nitrogen and oxygen atoms in total. The maximum absolute atomic E-state index is 8.85. The highest BCUT2D eigenvalue weighted by atomic mass is 14.9. The summed E-state index contributed by atoms with van der Waals surface area (Å²) in [6.07, 6.45) is -3.13. The summed E-state index contributed by atoms with van der Waals surface area (Å²) in [5.41, 5.74) is 12.2. The fourth-order valence-electron chi connectivity index (χ4n) is 7.00. The van der Waals surface area contributed by atoms with E-state index in [0.717, 1.165) is 33.6 Å². The Morgan fingerprint density at radius 3 is 1.33 bits per heavy atom. The molecule has 2 fully saturated rings. The van der Waals surface area contributed by atoms with Gasteiger partial charge >= 0.3 is 0 Å². The van der Waals surface area contributed by atoms with Crippen LogP contribution in [0.5, 0.6) is 0 Å². The number of hydrogen-bond acceptors (Lipinski definition) is 0. The molecule has 4 aromatic carbocycles. The first kappa shape index (κ1) is 24.4. The average Bonchev–Trinajstić information content (AvgIpc) is 3.40. The van der Waals surface area contributed by atoms with E-state index in [2.05, 4.69) is 83.9 Å². The fraction of sp³-hybridized carbons (Fsp3) is 0.306. The quantitative estimate of drug-likeness (QED) is 0.155. The summed E-state index contributed by atoms with van der Waals surface area (Å²) in [6, 6.07) is 39.7. The number of aryl methyl sites for hydroxylation is 4. The first-order valence-corrected chi connectivity index (χ1v) is 18.0. The zero-order valence-electron chi connectivity index (χ0n) is 40.1. The SMILES string of the molecule is [2H]C1([2H])CCC([2H])(c2ccc(-c3ccc(-c4ccccc4C)[n+](C)c3)cc2)C1([2H])[2H].[2H]C1([2H])CCCC([2H])(c2ccc(-c3ccc(-c4ccccc4C)[n+](C)c3)cc2)C1([2H])[2H]. The topological polar surface area (TPSA) is 7.76 Å². The van der Waals surface area contributed by atoms with Crippen LogP contribution in [0.25, 0.3) is 44.8 Å². The Labute approximate surface area is 320 Å². The van der Waals surface area contributed by atoms with Gasteiger partial charge < -0.3 is 0 Å². The van der Waals surface area contributed by atoms with Gasteiger partial charge in [0.05, 0.1) is 0 Å². The Bertz CT molecular complexity index is 2550. The van der Waals surface area contributed by atoms with E-state index in [0.29, 0.717) is 24.0 Å². The van der Waals surface area contributed by atoms with Crippen LogP contribution >= 0.6 is 0 Å². The number of rotatable bonds is 6. The number of benzene rings is 4. The van der Waals surface area contributed by atoms with Crippen molar-refractivity contribution in [1.82, 2.24) is 0 Å². The molecular weight excluding hydrogens is 617 g/mol. The second-order valence-corrected chi connectivity index (χ2v) is 13.5. The van der Waals surface area contributed by atoms with Crippen molar-refractivity contribution in [2.45, 2.75) is 83.2 Å². The Hall–Kier alpha value is -4.82. The van der Waals surface area contributed by atoms with Crippen LogP contribution < -0.4 is 9.13 Å². The van der Waals surface area contributed by atoms with Gasteiger partial charge in [0.2, 0.25) is 11.4 Å². The lowest BCUT2D eigenvalue weighted by molar-refractivity contribution is -0.660. The van der Waals surface area contributed by atoms with E-state index in [9.17, 15) is 0 Å². The predicted molar refractivity (Wildman–Crippen MR) is 213 cm³/mol. The van der Waals surface area contributed by atoms with Crippen LogP contribution in [-0.4, -0.2) is 0 Å². The predicted octanol–water partition coefficient (Wildman–Crippen LogP) is 12.0. The zero-order valence-corrected chi connectivity index (χ0v) is 30.1. The van der Waals surface area contributed by atoms with Gasteiger partial charge in [0, 0.05) is 48.1 Å². The minimum Gasteiger partial charge on any atom is -0.200 e. The molecule has 8 rings (SSSR count). The van der Waals surface area contributed by atoms with E-state index in [4.69, 9.17) is 13.7 Å². The van der Waals surface area contributed by atoms with Gasteiger partial charge in [0.15, 0.2) is 12.4 Å². The third-order valence-corrected chi connectivity index (χ3v) is 9.95. The fourth-order valence-corrected chi connectivity index (χ4v) is 7.00. The second-order valence-electron chi connectivity index (χ2n) is 13.5. The highest BCUT2D eigenvalue weighted by molar-refractivity contribution is 5.67. The minimum atomic E-state index is -2.25. The average molecular weight is 681 g/mol. The highest BCUT2D eigenvalue weighted by Crippen LogP contribution is 2.36. The summed E-state index contributed by atoms with van der Waals surface area (Å²) >= 11 is 0. The maximum atomic E-state index is 8.85.